The normalized spacial score (nSPS) is 13.2. The second kappa shape index (κ2) is 3.81. The molecule has 2 atom stereocenters. The van der Waals surface area contributed by atoms with Crippen molar-refractivity contribution in [1.29, 1.82) is 0 Å². The maximum Gasteiger partial charge on any atom is 0.333 e. The molecule has 3 nitrogen and oxygen atoms in total. The lowest BCUT2D eigenvalue weighted by atomic mass is 10.3. The zero-order valence-corrected chi connectivity index (χ0v) is 5.78. The van der Waals surface area contributed by atoms with E-state index in [2.05, 4.69) is 4.52 Å². The molecule has 0 heterocycles. The predicted octanol–water partition coefficient (Wildman–Crippen LogP) is 0.656. The monoisotopic (exact) mass is 136 g/mol. The van der Waals surface area contributed by atoms with E-state index in [1.54, 1.807) is 6.92 Å². The summed E-state index contributed by atoms with van der Waals surface area (Å²) < 4.78 is 4.48. The lowest BCUT2D eigenvalue weighted by Crippen LogP contribution is -2.18. The Labute approximate surface area is 50.3 Å². The Bertz CT molecular complexity index is 79.4. The highest BCUT2D eigenvalue weighted by atomic mass is 31.0. The molecule has 8 heavy (non-hydrogen) atoms. The Morgan fingerprint density at radius 1 is 2.00 bits per heavy atom. The summed E-state index contributed by atoms with van der Waals surface area (Å²) in [6, 6.07) is 0. The van der Waals surface area contributed by atoms with Gasteiger partial charge in [-0.25, -0.2) is 4.79 Å². The van der Waals surface area contributed by atoms with E-state index in [0.717, 1.165) is 0 Å². The van der Waals surface area contributed by atoms with Crippen LogP contribution in [0.2, 0.25) is 0 Å². The fraction of sp³-hybridized carbons (Fsp3) is 0.750. The van der Waals surface area contributed by atoms with Crippen LogP contribution in [0, 0.1) is 0 Å². The molecule has 0 spiro atoms. The van der Waals surface area contributed by atoms with E-state index < -0.39 is 12.1 Å². The van der Waals surface area contributed by atoms with Gasteiger partial charge in [-0.05, 0) is 6.42 Å². The number of carboxylic acids is 1. The fourth-order valence-corrected chi connectivity index (χ4v) is 0.638. The summed E-state index contributed by atoms with van der Waals surface area (Å²) >= 11 is 0. The van der Waals surface area contributed by atoms with Gasteiger partial charge in [0, 0.05) is 9.47 Å². The zero-order valence-electron chi connectivity index (χ0n) is 4.63. The van der Waals surface area contributed by atoms with Crippen molar-refractivity contribution in [1.82, 2.24) is 0 Å². The van der Waals surface area contributed by atoms with Crippen LogP contribution in [0.3, 0.4) is 0 Å². The van der Waals surface area contributed by atoms with Gasteiger partial charge in [0.1, 0.15) is 0 Å². The molecular formula is C4H9O3P. The molecule has 0 aromatic carbocycles. The minimum absolute atomic E-state index is 0.499. The molecule has 0 fully saturated rings. The summed E-state index contributed by atoms with van der Waals surface area (Å²) in [5.41, 5.74) is 0. The van der Waals surface area contributed by atoms with E-state index in [1.807, 2.05) is 9.47 Å². The number of rotatable bonds is 3. The molecule has 0 radical (unpaired) electrons. The van der Waals surface area contributed by atoms with Gasteiger partial charge < -0.3 is 9.63 Å². The van der Waals surface area contributed by atoms with Crippen LogP contribution in [0.4, 0.5) is 0 Å². The Morgan fingerprint density at radius 3 is 2.50 bits per heavy atom. The van der Waals surface area contributed by atoms with E-state index in [4.69, 9.17) is 5.11 Å². The summed E-state index contributed by atoms with van der Waals surface area (Å²) in [5.74, 6) is -0.914. The Morgan fingerprint density at radius 2 is 2.50 bits per heavy atom. The summed E-state index contributed by atoms with van der Waals surface area (Å²) in [6.07, 6.45) is -0.168. The van der Waals surface area contributed by atoms with Gasteiger partial charge in [0.25, 0.3) is 0 Å². The van der Waals surface area contributed by atoms with Crippen molar-refractivity contribution < 1.29 is 14.4 Å². The van der Waals surface area contributed by atoms with Crippen LogP contribution < -0.4 is 0 Å². The number of carboxylic acid groups (broad SMARTS) is 1. The van der Waals surface area contributed by atoms with Gasteiger partial charge in [-0.1, -0.05) is 6.92 Å². The number of carbonyl (C=O) groups is 1. The summed E-state index contributed by atoms with van der Waals surface area (Å²) in [4.78, 5) is 10.0. The first kappa shape index (κ1) is 7.86. The molecule has 48 valence electrons. The van der Waals surface area contributed by atoms with Gasteiger partial charge in [0.05, 0.1) is 0 Å². The molecule has 0 aliphatic heterocycles. The first-order valence-corrected chi connectivity index (χ1v) is 2.77. The average molecular weight is 136 g/mol. The molecule has 1 N–H and O–H groups in total. The van der Waals surface area contributed by atoms with Crippen molar-refractivity contribution in [2.24, 2.45) is 0 Å². The molecule has 0 aliphatic carbocycles. The van der Waals surface area contributed by atoms with Gasteiger partial charge >= 0.3 is 5.97 Å². The van der Waals surface area contributed by atoms with Crippen LogP contribution in [0.5, 0.6) is 0 Å². The maximum atomic E-state index is 10.0. The van der Waals surface area contributed by atoms with E-state index in [9.17, 15) is 4.79 Å². The van der Waals surface area contributed by atoms with E-state index >= 15 is 0 Å². The smallest absolute Gasteiger partial charge is 0.333 e. The first-order valence-electron chi connectivity index (χ1n) is 2.30. The van der Waals surface area contributed by atoms with Crippen molar-refractivity contribution in [3.63, 3.8) is 0 Å². The van der Waals surface area contributed by atoms with Gasteiger partial charge in [-0.3, -0.25) is 0 Å². The van der Waals surface area contributed by atoms with E-state index in [-0.39, 0.29) is 0 Å². The third-order valence-corrected chi connectivity index (χ3v) is 1.14. The van der Waals surface area contributed by atoms with Crippen molar-refractivity contribution >= 4 is 15.4 Å². The SMILES string of the molecule is CCC(OP)C(=O)O. The highest BCUT2D eigenvalue weighted by molar-refractivity contribution is 7.09. The van der Waals surface area contributed by atoms with Crippen LogP contribution in [-0.4, -0.2) is 17.2 Å². The van der Waals surface area contributed by atoms with Crippen molar-refractivity contribution in [3.8, 4) is 0 Å². The van der Waals surface area contributed by atoms with Crippen molar-refractivity contribution in [2.75, 3.05) is 0 Å². The number of hydrogen-bond donors (Lipinski definition) is 1. The largest absolute Gasteiger partial charge is 0.479 e. The Balaban J connectivity index is 3.52. The third kappa shape index (κ3) is 2.24. The van der Waals surface area contributed by atoms with Gasteiger partial charge in [0.2, 0.25) is 0 Å². The molecule has 0 aromatic rings. The minimum atomic E-state index is -0.914. The molecule has 0 saturated heterocycles. The average Bonchev–Trinajstić information content (AvgIpc) is 1.69. The number of hydrogen-bond acceptors (Lipinski definition) is 2. The molecule has 0 aliphatic rings. The molecule has 0 rings (SSSR count). The van der Waals surface area contributed by atoms with Crippen LogP contribution >= 0.6 is 9.47 Å². The summed E-state index contributed by atoms with van der Waals surface area (Å²) in [7, 11) is 1.93. The zero-order chi connectivity index (χ0) is 6.57. The van der Waals surface area contributed by atoms with Crippen molar-refractivity contribution in [3.05, 3.63) is 0 Å². The van der Waals surface area contributed by atoms with Gasteiger partial charge in [-0.2, -0.15) is 0 Å². The van der Waals surface area contributed by atoms with Gasteiger partial charge in [0.15, 0.2) is 6.10 Å². The molecular weight excluding hydrogens is 127 g/mol. The summed E-state index contributed by atoms with van der Waals surface area (Å²) in [6.45, 7) is 1.75. The van der Waals surface area contributed by atoms with E-state index in [0.29, 0.717) is 6.42 Å². The first-order chi connectivity index (χ1) is 3.72. The van der Waals surface area contributed by atoms with E-state index in [1.165, 1.54) is 0 Å². The Kier molecular flexibility index (Phi) is 3.75. The van der Waals surface area contributed by atoms with Crippen LogP contribution in [-0.2, 0) is 9.32 Å². The molecule has 0 saturated carbocycles. The van der Waals surface area contributed by atoms with Crippen LogP contribution in [0.15, 0.2) is 0 Å². The van der Waals surface area contributed by atoms with Gasteiger partial charge in [-0.15, -0.1) is 0 Å². The standard InChI is InChI=1S/C4H9O3P/c1-2-3(7-8)4(5)6/h3H,2,8H2,1H3,(H,5,6). The predicted molar refractivity (Wildman–Crippen MR) is 32.5 cm³/mol. The molecule has 4 heteroatoms. The second-order valence-corrected chi connectivity index (χ2v) is 1.64. The maximum absolute atomic E-state index is 10.0. The molecule has 0 bridgehead atoms. The highest BCUT2D eigenvalue weighted by Crippen LogP contribution is 2.01. The van der Waals surface area contributed by atoms with Crippen LogP contribution in [0.25, 0.3) is 0 Å². The second-order valence-electron chi connectivity index (χ2n) is 1.37. The lowest BCUT2D eigenvalue weighted by Gasteiger charge is -2.03. The molecule has 0 aromatic heterocycles. The molecule has 2 unspecified atom stereocenters. The third-order valence-electron chi connectivity index (χ3n) is 0.810. The van der Waals surface area contributed by atoms with Crippen molar-refractivity contribution in [2.45, 2.75) is 19.4 Å². The number of aliphatic carboxylic acids is 1. The lowest BCUT2D eigenvalue weighted by molar-refractivity contribution is -0.144. The fourth-order valence-electron chi connectivity index (χ4n) is 0.329. The topological polar surface area (TPSA) is 46.5 Å². The summed E-state index contributed by atoms with van der Waals surface area (Å²) in [5, 5.41) is 8.23. The highest BCUT2D eigenvalue weighted by Gasteiger charge is 2.11. The Hall–Kier alpha value is -0.140. The van der Waals surface area contributed by atoms with Crippen LogP contribution in [0.1, 0.15) is 13.3 Å². The molecule has 0 amide bonds. The minimum Gasteiger partial charge on any atom is -0.479 e. The quantitative estimate of drug-likeness (QED) is 0.579.